The van der Waals surface area contributed by atoms with Crippen molar-refractivity contribution in [2.24, 2.45) is 10.4 Å². The van der Waals surface area contributed by atoms with Gasteiger partial charge in [-0.1, -0.05) is 39.0 Å². The maximum Gasteiger partial charge on any atom is 0.573 e. The Hall–Kier alpha value is -1.72. The molecular weight excluding hydrogens is 488 g/mol. The molecule has 0 spiro atoms. The SMILES string of the molecule is CCNC(=NCc1ccccc1OC(F)(F)F)NCCNC(=O)C(C)(C)C.I. The third-order valence-electron chi connectivity index (χ3n) is 3.33. The number of rotatable bonds is 7. The molecule has 0 saturated carbocycles. The zero-order chi connectivity index (χ0) is 20.5. The van der Waals surface area contributed by atoms with E-state index in [-0.39, 0.29) is 42.2 Å². The predicted molar refractivity (Wildman–Crippen MR) is 114 cm³/mol. The van der Waals surface area contributed by atoms with Crippen LogP contribution in [-0.4, -0.2) is 37.9 Å². The van der Waals surface area contributed by atoms with Crippen LogP contribution in [0.3, 0.4) is 0 Å². The molecule has 0 atom stereocenters. The largest absolute Gasteiger partial charge is 0.573 e. The minimum Gasteiger partial charge on any atom is -0.405 e. The molecule has 28 heavy (non-hydrogen) atoms. The third-order valence-corrected chi connectivity index (χ3v) is 3.33. The number of carbonyl (C=O) groups excluding carboxylic acids is 1. The van der Waals surface area contributed by atoms with Crippen molar-refractivity contribution in [2.75, 3.05) is 19.6 Å². The Morgan fingerprint density at radius 3 is 2.25 bits per heavy atom. The second-order valence-electron chi connectivity index (χ2n) is 6.78. The zero-order valence-corrected chi connectivity index (χ0v) is 18.8. The van der Waals surface area contributed by atoms with Gasteiger partial charge in [-0.2, -0.15) is 0 Å². The molecule has 1 aromatic carbocycles. The van der Waals surface area contributed by atoms with E-state index < -0.39 is 11.8 Å². The number of nitrogens with zero attached hydrogens (tertiary/aromatic N) is 1. The number of ether oxygens (including phenoxy) is 1. The van der Waals surface area contributed by atoms with Gasteiger partial charge in [-0.3, -0.25) is 4.79 Å². The van der Waals surface area contributed by atoms with E-state index in [4.69, 9.17) is 0 Å². The molecule has 1 amide bonds. The average molecular weight is 516 g/mol. The molecular formula is C18H28F3IN4O2. The number of amides is 1. The number of nitrogens with one attached hydrogen (secondary N) is 3. The zero-order valence-electron chi connectivity index (χ0n) is 16.4. The standard InChI is InChI=1S/C18H27F3N4O2.HI/c1-5-22-16(24-11-10-23-15(26)17(2,3)4)25-12-13-8-6-7-9-14(13)27-18(19,20)21;/h6-9H,5,10-12H2,1-4H3,(H,23,26)(H2,22,24,25);1H. The maximum absolute atomic E-state index is 12.5. The number of alkyl halides is 3. The number of aliphatic imine (C=N–C) groups is 1. The molecule has 3 N–H and O–H groups in total. The highest BCUT2D eigenvalue weighted by Crippen LogP contribution is 2.26. The lowest BCUT2D eigenvalue weighted by Gasteiger charge is -2.18. The van der Waals surface area contributed by atoms with E-state index in [2.05, 4.69) is 25.7 Å². The van der Waals surface area contributed by atoms with Crippen LogP contribution in [0.5, 0.6) is 5.75 Å². The topological polar surface area (TPSA) is 74.8 Å². The predicted octanol–water partition coefficient (Wildman–Crippen LogP) is 3.42. The molecule has 160 valence electrons. The van der Waals surface area contributed by atoms with Crippen molar-refractivity contribution in [1.29, 1.82) is 0 Å². The van der Waals surface area contributed by atoms with Crippen LogP contribution in [0.15, 0.2) is 29.3 Å². The van der Waals surface area contributed by atoms with Crippen molar-refractivity contribution >= 4 is 35.8 Å². The molecule has 0 unspecified atom stereocenters. The summed E-state index contributed by atoms with van der Waals surface area (Å²) in [6.45, 7) is 8.75. The van der Waals surface area contributed by atoms with Crippen LogP contribution >= 0.6 is 24.0 Å². The van der Waals surface area contributed by atoms with Gasteiger partial charge in [0.15, 0.2) is 5.96 Å². The van der Waals surface area contributed by atoms with Crippen LogP contribution in [-0.2, 0) is 11.3 Å². The van der Waals surface area contributed by atoms with Gasteiger partial charge in [-0.15, -0.1) is 37.1 Å². The van der Waals surface area contributed by atoms with Crippen molar-refractivity contribution in [2.45, 2.75) is 40.6 Å². The van der Waals surface area contributed by atoms with Crippen LogP contribution in [0.2, 0.25) is 0 Å². The molecule has 1 rings (SSSR count). The highest BCUT2D eigenvalue weighted by atomic mass is 127. The van der Waals surface area contributed by atoms with Gasteiger partial charge < -0.3 is 20.7 Å². The Morgan fingerprint density at radius 2 is 1.68 bits per heavy atom. The molecule has 0 aliphatic heterocycles. The molecule has 10 heteroatoms. The number of guanidine groups is 1. The molecule has 0 bridgehead atoms. The van der Waals surface area contributed by atoms with Gasteiger partial charge in [0.05, 0.1) is 6.54 Å². The Bertz CT molecular complexity index is 646. The molecule has 1 aromatic rings. The Labute approximate surface area is 180 Å². The lowest BCUT2D eigenvalue weighted by atomic mass is 9.96. The summed E-state index contributed by atoms with van der Waals surface area (Å²) in [6, 6.07) is 5.87. The van der Waals surface area contributed by atoms with Crippen molar-refractivity contribution in [3.8, 4) is 5.75 Å². The number of hydrogen-bond donors (Lipinski definition) is 3. The minimum atomic E-state index is -4.76. The van der Waals surface area contributed by atoms with Crippen molar-refractivity contribution in [3.63, 3.8) is 0 Å². The summed E-state index contributed by atoms with van der Waals surface area (Å²) in [5, 5.41) is 8.83. The summed E-state index contributed by atoms with van der Waals surface area (Å²) in [4.78, 5) is 16.1. The first-order valence-electron chi connectivity index (χ1n) is 8.67. The first-order chi connectivity index (χ1) is 12.5. The third kappa shape index (κ3) is 10.6. The van der Waals surface area contributed by atoms with Crippen molar-refractivity contribution in [3.05, 3.63) is 29.8 Å². The summed E-state index contributed by atoms with van der Waals surface area (Å²) >= 11 is 0. The molecule has 0 aliphatic carbocycles. The first-order valence-corrected chi connectivity index (χ1v) is 8.67. The Balaban J connectivity index is 0.00000729. The van der Waals surface area contributed by atoms with Gasteiger partial charge in [0.2, 0.25) is 5.91 Å². The quantitative estimate of drug-likeness (QED) is 0.225. The second-order valence-corrected chi connectivity index (χ2v) is 6.78. The normalized spacial score (nSPS) is 12.0. The monoisotopic (exact) mass is 516 g/mol. The molecule has 0 heterocycles. The summed E-state index contributed by atoms with van der Waals surface area (Å²) < 4.78 is 41.5. The van der Waals surface area contributed by atoms with Gasteiger partial charge in [0, 0.05) is 30.6 Å². The van der Waals surface area contributed by atoms with Crippen LogP contribution in [0.25, 0.3) is 0 Å². The van der Waals surface area contributed by atoms with E-state index in [9.17, 15) is 18.0 Å². The summed E-state index contributed by atoms with van der Waals surface area (Å²) in [7, 11) is 0. The van der Waals surface area contributed by atoms with Gasteiger partial charge in [0.25, 0.3) is 0 Å². The lowest BCUT2D eigenvalue weighted by Crippen LogP contribution is -2.43. The van der Waals surface area contributed by atoms with E-state index >= 15 is 0 Å². The fourth-order valence-corrected chi connectivity index (χ4v) is 1.99. The smallest absolute Gasteiger partial charge is 0.405 e. The van der Waals surface area contributed by atoms with Crippen molar-refractivity contribution < 1.29 is 22.7 Å². The van der Waals surface area contributed by atoms with E-state index in [1.54, 1.807) is 6.07 Å². The summed E-state index contributed by atoms with van der Waals surface area (Å²) in [5.74, 6) is 0.0934. The van der Waals surface area contributed by atoms with Crippen molar-refractivity contribution in [1.82, 2.24) is 16.0 Å². The number of hydrogen-bond acceptors (Lipinski definition) is 3. The lowest BCUT2D eigenvalue weighted by molar-refractivity contribution is -0.274. The maximum atomic E-state index is 12.5. The molecule has 0 saturated heterocycles. The number of para-hydroxylation sites is 1. The van der Waals surface area contributed by atoms with E-state index in [1.165, 1.54) is 18.2 Å². The highest BCUT2D eigenvalue weighted by Gasteiger charge is 2.31. The van der Waals surface area contributed by atoms with Gasteiger partial charge in [0.1, 0.15) is 5.75 Å². The average Bonchev–Trinajstić information content (AvgIpc) is 2.55. The van der Waals surface area contributed by atoms with Gasteiger partial charge in [-0.05, 0) is 13.0 Å². The Kier molecular flexibility index (Phi) is 11.2. The molecule has 6 nitrogen and oxygen atoms in total. The number of benzene rings is 1. The molecule has 0 fully saturated rings. The van der Waals surface area contributed by atoms with Crippen LogP contribution < -0.4 is 20.7 Å². The van der Waals surface area contributed by atoms with Crippen LogP contribution in [0.4, 0.5) is 13.2 Å². The fourth-order valence-electron chi connectivity index (χ4n) is 1.99. The highest BCUT2D eigenvalue weighted by molar-refractivity contribution is 14.0. The van der Waals surface area contributed by atoms with E-state index in [0.29, 0.717) is 31.2 Å². The summed E-state index contributed by atoms with van der Waals surface area (Å²) in [5.41, 5.74) is -0.158. The van der Waals surface area contributed by atoms with Gasteiger partial charge >= 0.3 is 6.36 Å². The van der Waals surface area contributed by atoms with Gasteiger partial charge in [-0.25, -0.2) is 4.99 Å². The summed E-state index contributed by atoms with van der Waals surface area (Å²) in [6.07, 6.45) is -4.76. The number of halogens is 4. The molecule has 0 radical (unpaired) electrons. The van der Waals surface area contributed by atoms with Crippen LogP contribution in [0.1, 0.15) is 33.3 Å². The van der Waals surface area contributed by atoms with Crippen LogP contribution in [0, 0.1) is 5.41 Å². The van der Waals surface area contributed by atoms with E-state index in [0.717, 1.165) is 0 Å². The Morgan fingerprint density at radius 1 is 1.07 bits per heavy atom. The molecule has 0 aromatic heterocycles. The first kappa shape index (κ1) is 26.3. The molecule has 0 aliphatic rings. The minimum absolute atomic E-state index is 0. The fraction of sp³-hybridized carbons (Fsp3) is 0.556. The van der Waals surface area contributed by atoms with E-state index in [1.807, 2.05) is 27.7 Å². The number of carbonyl (C=O) groups is 1. The second kappa shape index (κ2) is 12.0.